The Labute approximate surface area is 78.1 Å². The van der Waals surface area contributed by atoms with Crippen molar-refractivity contribution in [3.8, 4) is 0 Å². The van der Waals surface area contributed by atoms with Gasteiger partial charge in [-0.25, -0.2) is 0 Å². The van der Waals surface area contributed by atoms with Crippen molar-refractivity contribution in [2.24, 2.45) is 32.9 Å². The SMILES string of the molecule is NC(N)=Nc1nnc(N=C(N)N)nn1. The second-order valence-electron chi connectivity index (χ2n) is 2.07. The Morgan fingerprint density at radius 3 is 1.21 bits per heavy atom. The van der Waals surface area contributed by atoms with E-state index >= 15 is 0 Å². The summed E-state index contributed by atoms with van der Waals surface area (Å²) in [5.41, 5.74) is 20.3. The van der Waals surface area contributed by atoms with Gasteiger partial charge in [-0.05, 0) is 0 Å². The van der Waals surface area contributed by atoms with Gasteiger partial charge in [0.2, 0.25) is 0 Å². The summed E-state index contributed by atoms with van der Waals surface area (Å²) in [6.07, 6.45) is 0. The quantitative estimate of drug-likeness (QED) is 0.286. The van der Waals surface area contributed by atoms with Crippen LogP contribution in [0.3, 0.4) is 0 Å². The van der Waals surface area contributed by atoms with Gasteiger partial charge >= 0.3 is 0 Å². The Bertz CT molecular complexity index is 317. The molecule has 0 aliphatic carbocycles. The van der Waals surface area contributed by atoms with Crippen molar-refractivity contribution in [2.45, 2.75) is 0 Å². The average molecular weight is 196 g/mol. The van der Waals surface area contributed by atoms with Gasteiger partial charge in [0.1, 0.15) is 0 Å². The minimum absolute atomic E-state index is 0.0699. The predicted molar refractivity (Wildman–Crippen MR) is 48.6 cm³/mol. The van der Waals surface area contributed by atoms with Crippen LogP contribution < -0.4 is 22.9 Å². The topological polar surface area (TPSA) is 180 Å². The molecule has 0 amide bonds. The van der Waals surface area contributed by atoms with E-state index in [-0.39, 0.29) is 23.8 Å². The predicted octanol–water partition coefficient (Wildman–Crippen LogP) is -2.92. The molecule has 0 saturated heterocycles. The molecule has 0 radical (unpaired) electrons. The maximum absolute atomic E-state index is 5.07. The molecule has 1 aromatic heterocycles. The van der Waals surface area contributed by atoms with Crippen LogP contribution in [0.5, 0.6) is 0 Å². The first-order valence-corrected chi connectivity index (χ1v) is 3.34. The highest BCUT2D eigenvalue weighted by molar-refractivity contribution is 5.78. The third-order valence-electron chi connectivity index (χ3n) is 0.916. The molecule has 0 aliphatic rings. The summed E-state index contributed by atoms with van der Waals surface area (Å²) >= 11 is 0. The highest BCUT2D eigenvalue weighted by Crippen LogP contribution is 2.01. The van der Waals surface area contributed by atoms with Crippen LogP contribution in [0.2, 0.25) is 0 Å². The number of hydrogen-bond acceptors (Lipinski definition) is 6. The molecule has 0 atom stereocenters. The third kappa shape index (κ3) is 2.84. The summed E-state index contributed by atoms with van der Waals surface area (Å²) in [6, 6.07) is 0. The zero-order valence-electron chi connectivity index (χ0n) is 6.99. The van der Waals surface area contributed by atoms with E-state index in [4.69, 9.17) is 22.9 Å². The Morgan fingerprint density at radius 1 is 0.714 bits per heavy atom. The van der Waals surface area contributed by atoms with Gasteiger partial charge in [-0.3, -0.25) is 0 Å². The number of aromatic nitrogens is 4. The van der Waals surface area contributed by atoms with Gasteiger partial charge < -0.3 is 22.9 Å². The Balaban J connectivity index is 2.89. The molecule has 8 N–H and O–H groups in total. The second kappa shape index (κ2) is 3.93. The molecule has 1 rings (SSSR count). The van der Waals surface area contributed by atoms with Crippen molar-refractivity contribution in [3.63, 3.8) is 0 Å². The zero-order valence-corrected chi connectivity index (χ0v) is 6.99. The largest absolute Gasteiger partial charge is 0.370 e. The van der Waals surface area contributed by atoms with Crippen molar-refractivity contribution in [3.05, 3.63) is 0 Å². The summed E-state index contributed by atoms with van der Waals surface area (Å²) in [6.45, 7) is 0. The van der Waals surface area contributed by atoms with Gasteiger partial charge in [0.25, 0.3) is 11.9 Å². The number of guanidine groups is 2. The number of rotatable bonds is 2. The van der Waals surface area contributed by atoms with Crippen LogP contribution in [0.25, 0.3) is 0 Å². The maximum Gasteiger partial charge on any atom is 0.291 e. The summed E-state index contributed by atoms with van der Waals surface area (Å²) in [5, 5.41) is 13.9. The lowest BCUT2D eigenvalue weighted by Gasteiger charge is -1.92. The van der Waals surface area contributed by atoms with Crippen molar-refractivity contribution < 1.29 is 0 Å². The monoisotopic (exact) mass is 196 g/mol. The van der Waals surface area contributed by atoms with E-state index in [1.807, 2.05) is 0 Å². The van der Waals surface area contributed by atoms with Crippen LogP contribution >= 0.6 is 0 Å². The van der Waals surface area contributed by atoms with Crippen molar-refractivity contribution in [1.29, 1.82) is 0 Å². The first-order valence-electron chi connectivity index (χ1n) is 3.34. The molecule has 0 fully saturated rings. The van der Waals surface area contributed by atoms with Crippen LogP contribution in [0, 0.1) is 0 Å². The lowest BCUT2D eigenvalue weighted by atomic mass is 10.9. The van der Waals surface area contributed by atoms with Gasteiger partial charge in [-0.15, -0.1) is 20.4 Å². The smallest absolute Gasteiger partial charge is 0.291 e. The summed E-state index contributed by atoms with van der Waals surface area (Å²) in [4.78, 5) is 6.99. The first-order chi connectivity index (χ1) is 6.58. The minimum atomic E-state index is -0.191. The molecule has 10 nitrogen and oxygen atoms in total. The number of aliphatic imine (C=N–C) groups is 2. The molecule has 0 aromatic carbocycles. The van der Waals surface area contributed by atoms with Crippen LogP contribution in [0.1, 0.15) is 0 Å². The number of nitrogens with two attached hydrogens (primary N) is 4. The Kier molecular flexibility index (Phi) is 2.69. The summed E-state index contributed by atoms with van der Waals surface area (Å²) in [7, 11) is 0. The molecule has 74 valence electrons. The van der Waals surface area contributed by atoms with E-state index in [2.05, 4.69) is 30.4 Å². The molecule has 10 heteroatoms. The molecule has 0 unspecified atom stereocenters. The molecule has 0 aliphatic heterocycles. The second-order valence-corrected chi connectivity index (χ2v) is 2.07. The van der Waals surface area contributed by atoms with E-state index in [9.17, 15) is 0 Å². The lowest BCUT2D eigenvalue weighted by molar-refractivity contribution is 0.853. The molecule has 14 heavy (non-hydrogen) atoms. The van der Waals surface area contributed by atoms with Crippen LogP contribution in [-0.4, -0.2) is 32.3 Å². The minimum Gasteiger partial charge on any atom is -0.370 e. The van der Waals surface area contributed by atoms with Gasteiger partial charge in [0, 0.05) is 0 Å². The fraction of sp³-hybridized carbons (Fsp3) is 0. The lowest BCUT2D eigenvalue weighted by Crippen LogP contribution is -2.22. The summed E-state index contributed by atoms with van der Waals surface area (Å²) < 4.78 is 0. The van der Waals surface area contributed by atoms with E-state index in [0.717, 1.165) is 0 Å². The molecular formula is C4H8N10. The van der Waals surface area contributed by atoms with Gasteiger partial charge in [-0.1, -0.05) is 0 Å². The molecule has 1 aromatic rings. The third-order valence-corrected chi connectivity index (χ3v) is 0.916. The molecule has 1 heterocycles. The highest BCUT2D eigenvalue weighted by atomic mass is 15.4. The standard InChI is InChI=1S/C4H8N10/c5-1(6)9-3-11-13-4(14-12-3)10-2(7)8/h(H4,5,6,9,11,12)(H4,7,8,10,13,14). The average Bonchev–Trinajstić information content (AvgIpc) is 2.06. The fourth-order valence-electron chi connectivity index (χ4n) is 0.539. The summed E-state index contributed by atoms with van der Waals surface area (Å²) in [5.74, 6) is -0.523. The van der Waals surface area contributed by atoms with Gasteiger partial charge in [-0.2, -0.15) is 9.98 Å². The zero-order chi connectivity index (χ0) is 10.6. The van der Waals surface area contributed by atoms with Crippen LogP contribution in [-0.2, 0) is 0 Å². The van der Waals surface area contributed by atoms with Gasteiger partial charge in [0.15, 0.2) is 11.9 Å². The molecule has 0 spiro atoms. The Morgan fingerprint density at radius 2 is 1.00 bits per heavy atom. The maximum atomic E-state index is 5.07. The van der Waals surface area contributed by atoms with E-state index in [1.54, 1.807) is 0 Å². The molecule has 0 saturated carbocycles. The van der Waals surface area contributed by atoms with Crippen LogP contribution in [0.15, 0.2) is 9.98 Å². The first kappa shape index (κ1) is 9.57. The van der Waals surface area contributed by atoms with E-state index in [1.165, 1.54) is 0 Å². The molecular weight excluding hydrogens is 188 g/mol. The van der Waals surface area contributed by atoms with E-state index in [0.29, 0.717) is 0 Å². The normalized spacial score (nSPS) is 9.14. The molecule has 0 bridgehead atoms. The highest BCUT2D eigenvalue weighted by Gasteiger charge is 1.98. The van der Waals surface area contributed by atoms with Gasteiger partial charge in [0.05, 0.1) is 0 Å². The Hall–Kier alpha value is -2.52. The fourth-order valence-corrected chi connectivity index (χ4v) is 0.539. The number of nitrogens with zero attached hydrogens (tertiary/aromatic N) is 6. The van der Waals surface area contributed by atoms with Crippen molar-refractivity contribution in [1.82, 2.24) is 20.4 Å². The van der Waals surface area contributed by atoms with Crippen LogP contribution in [0.4, 0.5) is 11.9 Å². The van der Waals surface area contributed by atoms with Crippen molar-refractivity contribution in [2.75, 3.05) is 0 Å². The van der Waals surface area contributed by atoms with E-state index < -0.39 is 0 Å². The number of hydrogen-bond donors (Lipinski definition) is 4. The van der Waals surface area contributed by atoms with Crippen molar-refractivity contribution >= 4 is 23.8 Å².